The third kappa shape index (κ3) is 2.04. The summed E-state index contributed by atoms with van der Waals surface area (Å²) in [6.07, 6.45) is -2.62. The molecule has 9 heteroatoms. The molecule has 2 aliphatic rings. The minimum atomic E-state index is -4.18. The van der Waals surface area contributed by atoms with Gasteiger partial charge in [0.25, 0.3) is 0 Å². The first-order chi connectivity index (χ1) is 7.82. The number of aliphatic hydroxyl groups excluding tert-OH is 1. The zero-order valence-corrected chi connectivity index (χ0v) is 10.8. The molecule has 0 aliphatic carbocycles. The summed E-state index contributed by atoms with van der Waals surface area (Å²) in [5.41, 5.74) is -1.41. The Morgan fingerprint density at radius 2 is 2.29 bits per heavy atom. The van der Waals surface area contributed by atoms with Gasteiger partial charge in [-0.1, -0.05) is 0 Å². The lowest BCUT2D eigenvalue weighted by molar-refractivity contribution is -0.0415. The van der Waals surface area contributed by atoms with E-state index < -0.39 is 37.7 Å². The molecule has 2 saturated heterocycles. The molecule has 0 radical (unpaired) electrons. The molecule has 2 heterocycles. The molecule has 2 fully saturated rings. The maximum Gasteiger partial charge on any atom is 0.474 e. The lowest BCUT2D eigenvalue weighted by Crippen LogP contribution is -2.46. The van der Waals surface area contributed by atoms with Crippen LogP contribution in [0.25, 0.3) is 0 Å². The van der Waals surface area contributed by atoms with Gasteiger partial charge in [-0.05, 0) is 24.4 Å². The fraction of sp³-hybridized carbons (Fsp3) is 0.750. The van der Waals surface area contributed by atoms with Crippen molar-refractivity contribution >= 4 is 27.3 Å². The number of ether oxygens (including phenoxy) is 1. The van der Waals surface area contributed by atoms with E-state index >= 15 is 0 Å². The fourth-order valence-corrected chi connectivity index (χ4v) is 3.57. The van der Waals surface area contributed by atoms with Crippen LogP contribution in [0.1, 0.15) is 6.92 Å². The Labute approximate surface area is 104 Å². The second-order valence-corrected chi connectivity index (χ2v) is 5.60. The molecule has 2 rings (SSSR count). The van der Waals surface area contributed by atoms with Gasteiger partial charge in [-0.15, -0.1) is 0 Å². The third-order valence-electron chi connectivity index (χ3n) is 2.92. The van der Waals surface area contributed by atoms with Gasteiger partial charge in [0.1, 0.15) is 20.1 Å². The van der Waals surface area contributed by atoms with Crippen LogP contribution in [-0.2, 0) is 18.3 Å². The first-order valence-electron chi connectivity index (χ1n) is 5.00. The molecule has 2 aliphatic heterocycles. The Bertz CT molecular complexity index is 433. The first kappa shape index (κ1) is 13.4. The molecule has 0 amide bonds. The van der Waals surface area contributed by atoms with E-state index in [2.05, 4.69) is 11.3 Å². The van der Waals surface area contributed by atoms with Crippen LogP contribution in [0.3, 0.4) is 0 Å². The maximum atomic E-state index is 11.5. The van der Waals surface area contributed by atoms with E-state index in [1.54, 1.807) is 7.85 Å². The lowest BCUT2D eigenvalue weighted by atomic mass is 9.80. The van der Waals surface area contributed by atoms with Gasteiger partial charge in [0.15, 0.2) is 5.60 Å². The van der Waals surface area contributed by atoms with Gasteiger partial charge in [0.05, 0.1) is 12.1 Å². The topological polar surface area (TPSA) is 85.2 Å². The van der Waals surface area contributed by atoms with Gasteiger partial charge in [0.2, 0.25) is 0 Å². The summed E-state index contributed by atoms with van der Waals surface area (Å²) < 4.78 is 26.8. The maximum absolute atomic E-state index is 11.5. The molecule has 0 bridgehead atoms. The molecule has 0 aromatic heterocycles. The van der Waals surface area contributed by atoms with Gasteiger partial charge < -0.3 is 14.7 Å². The number of aliphatic hydroxyl groups is 1. The van der Waals surface area contributed by atoms with Gasteiger partial charge in [-0.2, -0.15) is 0 Å². The average Bonchev–Trinajstić information content (AvgIpc) is 2.58. The number of halogens is 1. The Kier molecular flexibility index (Phi) is 3.35. The van der Waals surface area contributed by atoms with Gasteiger partial charge >= 0.3 is 7.82 Å². The largest absolute Gasteiger partial charge is 0.474 e. The number of phosphoric acid groups is 1. The Balaban J connectivity index is 2.43. The summed E-state index contributed by atoms with van der Waals surface area (Å²) in [6.45, 7) is 1.49. The van der Waals surface area contributed by atoms with Crippen LogP contribution in [0, 0.1) is 11.3 Å². The van der Waals surface area contributed by atoms with E-state index in [-0.39, 0.29) is 0 Å². The molecule has 0 saturated carbocycles. The van der Waals surface area contributed by atoms with Crippen molar-refractivity contribution in [3.63, 3.8) is 0 Å². The molecule has 0 spiro atoms. The molecule has 17 heavy (non-hydrogen) atoms. The van der Waals surface area contributed by atoms with Crippen molar-refractivity contribution in [1.82, 2.24) is 0 Å². The first-order valence-corrected chi connectivity index (χ1v) is 6.88. The van der Waals surface area contributed by atoms with Crippen LogP contribution >= 0.6 is 19.4 Å². The van der Waals surface area contributed by atoms with E-state index in [1.165, 1.54) is 6.92 Å². The van der Waals surface area contributed by atoms with Crippen molar-refractivity contribution in [2.45, 2.75) is 36.8 Å². The van der Waals surface area contributed by atoms with Crippen molar-refractivity contribution in [3.05, 3.63) is 0 Å². The van der Waals surface area contributed by atoms with E-state index in [1.807, 2.05) is 0 Å². The molecule has 6 atom stereocenters. The van der Waals surface area contributed by atoms with Crippen molar-refractivity contribution in [3.8, 4) is 11.3 Å². The molecular weight excluding hydrogens is 269 g/mol. The van der Waals surface area contributed by atoms with E-state index in [9.17, 15) is 14.6 Å². The summed E-state index contributed by atoms with van der Waals surface area (Å²) in [5, 5.41) is 11.7. The van der Waals surface area contributed by atoms with Crippen LogP contribution in [-0.4, -0.2) is 47.8 Å². The number of hydrogen-bond donors (Lipinski definition) is 2. The normalized spacial score (nSPS) is 50.5. The minimum absolute atomic E-state index is 0.638. The second-order valence-electron chi connectivity index (χ2n) is 4.08. The molecule has 3 unspecified atom stereocenters. The molecule has 6 nitrogen and oxygen atoms in total. The van der Waals surface area contributed by atoms with E-state index in [0.717, 1.165) is 0 Å². The Morgan fingerprint density at radius 1 is 1.65 bits per heavy atom. The molecule has 0 aromatic carbocycles. The zero-order chi connectivity index (χ0) is 12.8. The van der Waals surface area contributed by atoms with Crippen LogP contribution in [0.15, 0.2) is 0 Å². The molecule has 2 N–H and O–H groups in total. The summed E-state index contributed by atoms with van der Waals surface area (Å²) >= 11 is 5.34. The predicted molar refractivity (Wildman–Crippen MR) is 61.0 cm³/mol. The van der Waals surface area contributed by atoms with Gasteiger partial charge in [-0.3, -0.25) is 9.05 Å². The van der Waals surface area contributed by atoms with E-state index in [0.29, 0.717) is 0 Å². The molecule has 94 valence electrons. The van der Waals surface area contributed by atoms with Gasteiger partial charge in [-0.25, -0.2) is 4.57 Å². The lowest BCUT2D eigenvalue weighted by Gasteiger charge is -2.21. The number of hydrogen-bond acceptors (Lipinski definition) is 5. The highest BCUT2D eigenvalue weighted by atomic mass is 35.5. The highest BCUT2D eigenvalue weighted by Gasteiger charge is 2.66. The predicted octanol–water partition coefficient (Wildman–Crippen LogP) is -0.821. The van der Waals surface area contributed by atoms with Crippen molar-refractivity contribution in [2.75, 3.05) is 0 Å². The summed E-state index contributed by atoms with van der Waals surface area (Å²) in [6, 6.07) is -0.638. The quantitative estimate of drug-likeness (QED) is 0.371. The number of fused-ring (bicyclic) bond motifs is 1. The molecular formula is C8H11BClO6P. The van der Waals surface area contributed by atoms with Crippen LogP contribution < -0.4 is 0 Å². The van der Waals surface area contributed by atoms with Gasteiger partial charge in [0, 0.05) is 5.38 Å². The SMILES string of the molecule is B[C@@H]1O[C@H](C(C)O)C2OP(=O)(O)O[C@]21C#CCl. The Hall–Kier alpha value is -0.0551. The Morgan fingerprint density at radius 3 is 2.82 bits per heavy atom. The summed E-state index contributed by atoms with van der Waals surface area (Å²) in [5.74, 6) is 2.51. The zero-order valence-electron chi connectivity index (χ0n) is 9.16. The molecule has 0 aromatic rings. The smallest absolute Gasteiger partial charge is 0.391 e. The highest BCUT2D eigenvalue weighted by Crippen LogP contribution is 2.61. The number of phosphoric ester groups is 1. The minimum Gasteiger partial charge on any atom is -0.391 e. The highest BCUT2D eigenvalue weighted by molar-refractivity contribution is 7.47. The summed E-state index contributed by atoms with van der Waals surface area (Å²) in [7, 11) is -2.57. The van der Waals surface area contributed by atoms with Crippen LogP contribution in [0.2, 0.25) is 0 Å². The number of rotatable bonds is 1. The average molecular weight is 280 g/mol. The van der Waals surface area contributed by atoms with Crippen molar-refractivity contribution in [1.29, 1.82) is 0 Å². The van der Waals surface area contributed by atoms with Crippen molar-refractivity contribution in [2.24, 2.45) is 0 Å². The van der Waals surface area contributed by atoms with Crippen LogP contribution in [0.4, 0.5) is 0 Å². The summed E-state index contributed by atoms with van der Waals surface area (Å²) in [4.78, 5) is 9.37. The third-order valence-corrected chi connectivity index (χ3v) is 4.04. The monoisotopic (exact) mass is 280 g/mol. The van der Waals surface area contributed by atoms with E-state index in [4.69, 9.17) is 25.4 Å². The van der Waals surface area contributed by atoms with Crippen LogP contribution in [0.5, 0.6) is 0 Å². The standard InChI is InChI=1S/C8H11BClO6P/c1-4(11)5-6-8(2-3-10,7(9)14-5)16-17(12,13)15-6/h4-7,11H,9H2,1H3,(H,12,13)/t4?,5-,6?,7-,8-/m1/s1. The van der Waals surface area contributed by atoms with Crippen molar-refractivity contribution < 1.29 is 28.3 Å². The fourth-order valence-electron chi connectivity index (χ4n) is 2.14. The second kappa shape index (κ2) is 4.25.